The highest BCUT2D eigenvalue weighted by Crippen LogP contribution is 2.30. The molecule has 30 heavy (non-hydrogen) atoms. The first kappa shape index (κ1) is 20.4. The van der Waals surface area contributed by atoms with Crippen molar-refractivity contribution in [2.45, 2.75) is 13.1 Å². The number of benzene rings is 2. The minimum Gasteiger partial charge on any atom is -0.493 e. The van der Waals surface area contributed by atoms with Crippen molar-refractivity contribution >= 4 is 10.8 Å². The maximum absolute atomic E-state index is 12.9. The Balaban J connectivity index is 1.37. The Morgan fingerprint density at radius 1 is 0.900 bits per heavy atom. The van der Waals surface area contributed by atoms with Crippen molar-refractivity contribution < 1.29 is 9.47 Å². The zero-order chi connectivity index (χ0) is 20.9. The Labute approximate surface area is 176 Å². The Bertz CT molecular complexity index is 1040. The lowest BCUT2D eigenvalue weighted by Crippen LogP contribution is -2.47. The van der Waals surface area contributed by atoms with Crippen molar-refractivity contribution in [1.82, 2.24) is 19.6 Å². The molecule has 2 heterocycles. The number of nitrogens with zero attached hydrogens (tertiary/aromatic N) is 4. The highest BCUT2D eigenvalue weighted by molar-refractivity contribution is 5.84. The number of rotatable bonds is 7. The van der Waals surface area contributed by atoms with E-state index in [0.717, 1.165) is 44.7 Å². The summed E-state index contributed by atoms with van der Waals surface area (Å²) in [7, 11) is 3.15. The van der Waals surface area contributed by atoms with Crippen molar-refractivity contribution in [2.75, 3.05) is 46.9 Å². The first-order valence-electron chi connectivity index (χ1n) is 10.3. The average molecular weight is 409 g/mol. The molecular weight excluding hydrogens is 380 g/mol. The molecule has 7 nitrogen and oxygen atoms in total. The lowest BCUT2D eigenvalue weighted by molar-refractivity contribution is 0.123. The number of fused-ring (bicyclic) bond motifs is 1. The van der Waals surface area contributed by atoms with Crippen molar-refractivity contribution in [2.24, 2.45) is 0 Å². The first-order valence-corrected chi connectivity index (χ1v) is 10.3. The molecule has 1 aromatic heterocycles. The fourth-order valence-corrected chi connectivity index (χ4v) is 3.92. The molecule has 1 fully saturated rings. The van der Waals surface area contributed by atoms with E-state index in [-0.39, 0.29) is 5.56 Å². The summed E-state index contributed by atoms with van der Waals surface area (Å²) in [6.07, 6.45) is 1.72. The number of hydrogen-bond donors (Lipinski definition) is 0. The number of ether oxygens (including phenoxy) is 2. The molecule has 0 atom stereocenters. The number of methoxy groups -OCH3 is 2. The molecule has 4 rings (SSSR count). The van der Waals surface area contributed by atoms with Gasteiger partial charge in [0.15, 0.2) is 11.5 Å². The van der Waals surface area contributed by atoms with Crippen LogP contribution >= 0.6 is 0 Å². The van der Waals surface area contributed by atoms with E-state index >= 15 is 0 Å². The van der Waals surface area contributed by atoms with Gasteiger partial charge in [0.05, 0.1) is 32.3 Å². The summed E-state index contributed by atoms with van der Waals surface area (Å²) in [5.74, 6) is 1.15. The van der Waals surface area contributed by atoms with Gasteiger partial charge in [-0.1, -0.05) is 30.3 Å². The largest absolute Gasteiger partial charge is 0.493 e. The summed E-state index contributed by atoms with van der Waals surface area (Å²) >= 11 is 0. The zero-order valence-electron chi connectivity index (χ0n) is 17.6. The Hall–Kier alpha value is -2.90. The lowest BCUT2D eigenvalue weighted by Gasteiger charge is -2.34. The third-order valence-electron chi connectivity index (χ3n) is 5.70. The van der Waals surface area contributed by atoms with Crippen molar-refractivity contribution in [3.63, 3.8) is 0 Å². The highest BCUT2D eigenvalue weighted by Gasteiger charge is 2.17. The van der Waals surface area contributed by atoms with Crippen LogP contribution in [-0.4, -0.2) is 66.5 Å². The predicted molar refractivity (Wildman–Crippen MR) is 117 cm³/mol. The molecular formula is C23H28N4O3. The summed E-state index contributed by atoms with van der Waals surface area (Å²) in [6, 6.07) is 14.1. The average Bonchev–Trinajstić information content (AvgIpc) is 2.79. The summed E-state index contributed by atoms with van der Waals surface area (Å²) in [4.78, 5) is 17.8. The van der Waals surface area contributed by atoms with Gasteiger partial charge in [0, 0.05) is 44.7 Å². The van der Waals surface area contributed by atoms with Gasteiger partial charge in [-0.2, -0.15) is 5.10 Å². The van der Waals surface area contributed by atoms with Crippen LogP contribution in [0.3, 0.4) is 0 Å². The summed E-state index contributed by atoms with van der Waals surface area (Å²) in [5.41, 5.74) is 1.25. The molecule has 0 spiro atoms. The van der Waals surface area contributed by atoms with Crippen LogP contribution in [0.15, 0.2) is 53.5 Å². The Morgan fingerprint density at radius 2 is 1.57 bits per heavy atom. The van der Waals surface area contributed by atoms with Crippen LogP contribution in [0.4, 0.5) is 0 Å². The molecule has 1 aliphatic rings. The molecule has 1 aliphatic heterocycles. The maximum atomic E-state index is 12.9. The fourth-order valence-electron chi connectivity index (χ4n) is 3.92. The molecule has 0 radical (unpaired) electrons. The van der Waals surface area contributed by atoms with E-state index in [4.69, 9.17) is 9.47 Å². The molecule has 7 heteroatoms. The van der Waals surface area contributed by atoms with Gasteiger partial charge >= 0.3 is 0 Å². The molecule has 0 amide bonds. The summed E-state index contributed by atoms with van der Waals surface area (Å²) in [6.45, 7) is 6.44. The van der Waals surface area contributed by atoms with Crippen LogP contribution in [0, 0.1) is 0 Å². The van der Waals surface area contributed by atoms with Gasteiger partial charge < -0.3 is 9.47 Å². The summed E-state index contributed by atoms with van der Waals surface area (Å²) in [5, 5.41) is 5.71. The highest BCUT2D eigenvalue weighted by atomic mass is 16.5. The smallest absolute Gasteiger partial charge is 0.274 e. The molecule has 0 N–H and O–H groups in total. The van der Waals surface area contributed by atoms with E-state index in [1.54, 1.807) is 37.2 Å². The first-order chi connectivity index (χ1) is 14.7. The molecule has 3 aromatic rings. The second-order valence-corrected chi connectivity index (χ2v) is 7.57. The monoisotopic (exact) mass is 408 g/mol. The van der Waals surface area contributed by atoms with Crippen molar-refractivity contribution in [1.29, 1.82) is 0 Å². The van der Waals surface area contributed by atoms with Gasteiger partial charge in [-0.3, -0.25) is 14.6 Å². The minimum absolute atomic E-state index is 0.101. The van der Waals surface area contributed by atoms with Crippen molar-refractivity contribution in [3.05, 3.63) is 64.6 Å². The van der Waals surface area contributed by atoms with E-state index in [0.29, 0.717) is 23.4 Å². The lowest BCUT2D eigenvalue weighted by atomic mass is 10.2. The second kappa shape index (κ2) is 9.28. The third kappa shape index (κ3) is 4.47. The van der Waals surface area contributed by atoms with Crippen LogP contribution in [0.5, 0.6) is 11.5 Å². The Morgan fingerprint density at radius 3 is 2.27 bits per heavy atom. The minimum atomic E-state index is -0.101. The standard InChI is InChI=1S/C23H28N4O3/c1-29-21-14-19-16-24-27(23(28)20(19)15-22(21)30-2)13-12-25-8-10-26(11-9-25)17-18-6-4-3-5-7-18/h3-7,14-16H,8-13,17H2,1-2H3. The third-order valence-corrected chi connectivity index (χ3v) is 5.70. The zero-order valence-corrected chi connectivity index (χ0v) is 17.6. The molecule has 0 unspecified atom stereocenters. The van der Waals surface area contributed by atoms with Crippen molar-refractivity contribution in [3.8, 4) is 11.5 Å². The Kier molecular flexibility index (Phi) is 6.30. The van der Waals surface area contributed by atoms with Gasteiger partial charge in [-0.25, -0.2) is 4.68 Å². The SMILES string of the molecule is COc1cc2cnn(CCN3CCN(Cc4ccccc4)CC3)c(=O)c2cc1OC. The van der Waals surface area contributed by atoms with Gasteiger partial charge in [-0.15, -0.1) is 0 Å². The maximum Gasteiger partial charge on any atom is 0.274 e. The molecule has 158 valence electrons. The molecule has 0 aliphatic carbocycles. The van der Waals surface area contributed by atoms with Crippen LogP contribution in [0.25, 0.3) is 10.8 Å². The van der Waals surface area contributed by atoms with E-state index < -0.39 is 0 Å². The van der Waals surface area contributed by atoms with Crippen LogP contribution < -0.4 is 15.0 Å². The van der Waals surface area contributed by atoms with Gasteiger partial charge in [0.2, 0.25) is 0 Å². The quantitative estimate of drug-likeness (QED) is 0.598. The molecule has 0 bridgehead atoms. The second-order valence-electron chi connectivity index (χ2n) is 7.57. The number of hydrogen-bond acceptors (Lipinski definition) is 6. The predicted octanol–water partition coefficient (Wildman–Crippen LogP) is 2.23. The fraction of sp³-hybridized carbons (Fsp3) is 0.391. The van der Waals surface area contributed by atoms with E-state index in [9.17, 15) is 4.79 Å². The molecule has 2 aromatic carbocycles. The normalized spacial score (nSPS) is 15.4. The van der Waals surface area contributed by atoms with Gasteiger partial charge in [-0.05, 0) is 17.7 Å². The van der Waals surface area contributed by atoms with Crippen LogP contribution in [0.2, 0.25) is 0 Å². The van der Waals surface area contributed by atoms with E-state index in [1.165, 1.54) is 5.56 Å². The van der Waals surface area contributed by atoms with E-state index in [1.807, 2.05) is 0 Å². The topological polar surface area (TPSA) is 59.8 Å². The number of piperazine rings is 1. The van der Waals surface area contributed by atoms with Crippen LogP contribution in [0.1, 0.15) is 5.56 Å². The number of aromatic nitrogens is 2. The summed E-state index contributed by atoms with van der Waals surface area (Å²) < 4.78 is 12.2. The van der Waals surface area contributed by atoms with Gasteiger partial charge in [0.25, 0.3) is 5.56 Å². The molecule has 1 saturated heterocycles. The molecule has 0 saturated carbocycles. The van der Waals surface area contributed by atoms with E-state index in [2.05, 4.69) is 45.2 Å². The van der Waals surface area contributed by atoms with Gasteiger partial charge in [0.1, 0.15) is 0 Å². The van der Waals surface area contributed by atoms with Crippen LogP contribution in [-0.2, 0) is 13.1 Å².